The van der Waals surface area contributed by atoms with Gasteiger partial charge < -0.3 is 10.0 Å². The molecule has 2 aromatic rings. The Hall–Kier alpha value is -1.66. The molecule has 22 heavy (non-hydrogen) atoms. The average Bonchev–Trinajstić information content (AvgIpc) is 2.49. The maximum absolute atomic E-state index is 12.1. The molecule has 0 radical (unpaired) electrons. The molecule has 6 heteroatoms. The lowest BCUT2D eigenvalue weighted by molar-refractivity contribution is 0.460. The first-order valence-corrected chi connectivity index (χ1v) is 9.93. The van der Waals surface area contributed by atoms with Crippen LogP contribution in [0.3, 0.4) is 0 Å². The van der Waals surface area contributed by atoms with Gasteiger partial charge in [0.1, 0.15) is 5.75 Å². The lowest BCUT2D eigenvalue weighted by atomic mass is 10.2. The normalized spacial score (nSPS) is 11.4. The lowest BCUT2D eigenvalue weighted by Gasteiger charge is -2.26. The maximum atomic E-state index is 12.1. The molecular formula is C16H19NO3S2. The third-order valence-corrected chi connectivity index (χ3v) is 5.23. The van der Waals surface area contributed by atoms with Crippen molar-refractivity contribution in [2.75, 3.05) is 24.0 Å². The number of benzene rings is 2. The highest BCUT2D eigenvalue weighted by molar-refractivity contribution is 7.98. The summed E-state index contributed by atoms with van der Waals surface area (Å²) in [5.74, 6) is -0.0132. The van der Waals surface area contributed by atoms with Gasteiger partial charge in [-0.1, -0.05) is 18.2 Å². The fourth-order valence-corrected chi connectivity index (χ4v) is 3.68. The number of nitrogens with zero attached hydrogens (tertiary/aromatic N) is 1. The minimum atomic E-state index is -3.45. The Bertz CT molecular complexity index is 758. The predicted molar refractivity (Wildman–Crippen MR) is 92.1 cm³/mol. The molecule has 0 aliphatic carbocycles. The van der Waals surface area contributed by atoms with Crippen molar-refractivity contribution in [2.24, 2.45) is 0 Å². The van der Waals surface area contributed by atoms with Crippen LogP contribution < -0.4 is 4.90 Å². The predicted octanol–water partition coefficient (Wildman–Crippen LogP) is 3.68. The molecule has 4 nitrogen and oxygen atoms in total. The van der Waals surface area contributed by atoms with E-state index in [1.165, 1.54) is 17.8 Å². The van der Waals surface area contributed by atoms with Crippen LogP contribution in [-0.2, 0) is 9.84 Å². The SMILES string of the molecule is CCN(c1ccccc1)c1cc(SC)c(O)cc1S(C)(=O)=O. The molecule has 0 bridgehead atoms. The van der Waals surface area contributed by atoms with E-state index in [-0.39, 0.29) is 10.6 Å². The Morgan fingerprint density at radius 2 is 1.82 bits per heavy atom. The molecule has 0 aliphatic heterocycles. The minimum Gasteiger partial charge on any atom is -0.507 e. The van der Waals surface area contributed by atoms with Crippen LogP contribution in [0.1, 0.15) is 6.92 Å². The molecule has 0 aromatic heterocycles. The number of phenols is 1. The summed E-state index contributed by atoms with van der Waals surface area (Å²) < 4.78 is 24.2. The van der Waals surface area contributed by atoms with Gasteiger partial charge in [-0.15, -0.1) is 11.8 Å². The number of anilines is 2. The molecular weight excluding hydrogens is 318 g/mol. The maximum Gasteiger partial charge on any atom is 0.177 e. The number of aromatic hydroxyl groups is 1. The van der Waals surface area contributed by atoms with E-state index >= 15 is 0 Å². The zero-order chi connectivity index (χ0) is 16.3. The van der Waals surface area contributed by atoms with E-state index in [0.29, 0.717) is 17.1 Å². The van der Waals surface area contributed by atoms with Crippen molar-refractivity contribution < 1.29 is 13.5 Å². The summed E-state index contributed by atoms with van der Waals surface area (Å²) in [6.07, 6.45) is 3.00. The number of thioether (sulfide) groups is 1. The average molecular weight is 337 g/mol. The van der Waals surface area contributed by atoms with Gasteiger partial charge in [0.2, 0.25) is 0 Å². The smallest absolute Gasteiger partial charge is 0.177 e. The van der Waals surface area contributed by atoms with Crippen LogP contribution in [0.15, 0.2) is 52.3 Å². The number of phenolic OH excluding ortho intramolecular Hbond substituents is 1. The van der Waals surface area contributed by atoms with Crippen molar-refractivity contribution in [3.8, 4) is 5.75 Å². The van der Waals surface area contributed by atoms with E-state index in [9.17, 15) is 13.5 Å². The fourth-order valence-electron chi connectivity index (χ4n) is 2.31. The quantitative estimate of drug-likeness (QED) is 0.844. The summed E-state index contributed by atoms with van der Waals surface area (Å²) in [5, 5.41) is 10.0. The molecule has 118 valence electrons. The van der Waals surface area contributed by atoms with Crippen LogP contribution in [0.5, 0.6) is 5.75 Å². The van der Waals surface area contributed by atoms with Gasteiger partial charge in [-0.05, 0) is 31.4 Å². The highest BCUT2D eigenvalue weighted by Gasteiger charge is 2.21. The van der Waals surface area contributed by atoms with Crippen LogP contribution in [0.2, 0.25) is 0 Å². The van der Waals surface area contributed by atoms with Gasteiger partial charge in [-0.25, -0.2) is 8.42 Å². The molecule has 0 aliphatic rings. The van der Waals surface area contributed by atoms with E-state index in [2.05, 4.69) is 0 Å². The van der Waals surface area contributed by atoms with Crippen molar-refractivity contribution in [3.05, 3.63) is 42.5 Å². The molecule has 2 rings (SSSR count). The summed E-state index contributed by atoms with van der Waals surface area (Å²) in [4.78, 5) is 2.71. The van der Waals surface area contributed by atoms with Gasteiger partial charge in [0, 0.05) is 24.6 Å². The zero-order valence-electron chi connectivity index (χ0n) is 12.8. The monoisotopic (exact) mass is 337 g/mol. The lowest BCUT2D eigenvalue weighted by Crippen LogP contribution is -2.19. The Kier molecular flexibility index (Phi) is 5.03. The molecule has 0 amide bonds. The second-order valence-corrected chi connectivity index (χ2v) is 7.68. The van der Waals surface area contributed by atoms with E-state index in [1.54, 1.807) is 6.07 Å². The molecule has 0 heterocycles. The summed E-state index contributed by atoms with van der Waals surface area (Å²) in [7, 11) is -3.45. The van der Waals surface area contributed by atoms with Gasteiger partial charge in [0.25, 0.3) is 0 Å². The van der Waals surface area contributed by atoms with Crippen molar-refractivity contribution in [1.82, 2.24) is 0 Å². The van der Waals surface area contributed by atoms with Crippen molar-refractivity contribution in [2.45, 2.75) is 16.7 Å². The summed E-state index contributed by atoms with van der Waals surface area (Å²) in [5.41, 5.74) is 1.49. The number of hydrogen-bond acceptors (Lipinski definition) is 5. The van der Waals surface area contributed by atoms with E-state index < -0.39 is 9.84 Å². The van der Waals surface area contributed by atoms with Crippen molar-refractivity contribution in [3.63, 3.8) is 0 Å². The van der Waals surface area contributed by atoms with Gasteiger partial charge in [0.15, 0.2) is 9.84 Å². The Labute approximate surface area is 135 Å². The summed E-state index contributed by atoms with van der Waals surface area (Å²) in [6, 6.07) is 12.7. The van der Waals surface area contributed by atoms with E-state index in [1.807, 2.05) is 48.4 Å². The van der Waals surface area contributed by atoms with E-state index in [4.69, 9.17) is 0 Å². The van der Waals surface area contributed by atoms with E-state index in [0.717, 1.165) is 11.9 Å². The summed E-state index contributed by atoms with van der Waals surface area (Å²) >= 11 is 1.38. The number of para-hydroxylation sites is 1. The Morgan fingerprint density at radius 1 is 1.18 bits per heavy atom. The molecule has 0 unspecified atom stereocenters. The van der Waals surface area contributed by atoms with Crippen LogP contribution in [-0.4, -0.2) is 32.6 Å². The molecule has 0 spiro atoms. The Balaban J connectivity index is 2.71. The first-order chi connectivity index (χ1) is 10.4. The molecule has 1 N–H and O–H groups in total. The highest BCUT2D eigenvalue weighted by Crippen LogP contribution is 2.39. The van der Waals surface area contributed by atoms with Gasteiger partial charge in [-0.2, -0.15) is 0 Å². The second-order valence-electron chi connectivity index (χ2n) is 4.84. The second kappa shape index (κ2) is 6.62. The van der Waals surface area contributed by atoms with Crippen molar-refractivity contribution >= 4 is 33.0 Å². The highest BCUT2D eigenvalue weighted by atomic mass is 32.2. The number of sulfone groups is 1. The zero-order valence-corrected chi connectivity index (χ0v) is 14.4. The molecule has 0 atom stereocenters. The van der Waals surface area contributed by atoms with Gasteiger partial charge in [0.05, 0.1) is 15.5 Å². The van der Waals surface area contributed by atoms with Crippen molar-refractivity contribution in [1.29, 1.82) is 0 Å². The standard InChI is InChI=1S/C16H19NO3S2/c1-4-17(12-8-6-5-7-9-12)13-10-15(21-2)14(18)11-16(13)22(3,19)20/h5-11,18H,4H2,1-3H3. The molecule has 0 fully saturated rings. The van der Waals surface area contributed by atoms with Gasteiger partial charge in [-0.3, -0.25) is 0 Å². The molecule has 0 saturated heterocycles. The third kappa shape index (κ3) is 3.39. The summed E-state index contributed by atoms with van der Waals surface area (Å²) in [6.45, 7) is 2.58. The van der Waals surface area contributed by atoms with Crippen LogP contribution in [0, 0.1) is 0 Å². The number of rotatable bonds is 5. The van der Waals surface area contributed by atoms with Crippen LogP contribution >= 0.6 is 11.8 Å². The van der Waals surface area contributed by atoms with Crippen LogP contribution in [0.4, 0.5) is 11.4 Å². The first kappa shape index (κ1) is 16.7. The number of hydrogen-bond donors (Lipinski definition) is 1. The third-order valence-electron chi connectivity index (χ3n) is 3.33. The first-order valence-electron chi connectivity index (χ1n) is 6.82. The Morgan fingerprint density at radius 3 is 2.32 bits per heavy atom. The minimum absolute atomic E-state index is 0.0132. The van der Waals surface area contributed by atoms with Crippen LogP contribution in [0.25, 0.3) is 0 Å². The largest absolute Gasteiger partial charge is 0.507 e. The molecule has 0 saturated carbocycles. The topological polar surface area (TPSA) is 57.6 Å². The fraction of sp³-hybridized carbons (Fsp3) is 0.250. The molecule has 2 aromatic carbocycles. The van der Waals surface area contributed by atoms with Gasteiger partial charge >= 0.3 is 0 Å².